The maximum absolute atomic E-state index is 12.7. The van der Waals surface area contributed by atoms with Gasteiger partial charge in [0, 0.05) is 13.1 Å². The molecule has 3 aromatic rings. The van der Waals surface area contributed by atoms with Gasteiger partial charge in [0.25, 0.3) is 0 Å². The first-order chi connectivity index (χ1) is 14.2. The highest BCUT2D eigenvalue weighted by Crippen LogP contribution is 2.24. The Morgan fingerprint density at radius 3 is 2.52 bits per heavy atom. The number of aryl methyl sites for hydroxylation is 1. The van der Waals surface area contributed by atoms with E-state index in [0.717, 1.165) is 16.7 Å². The van der Waals surface area contributed by atoms with Gasteiger partial charge in [-0.1, -0.05) is 65.3 Å². The third-order valence-corrected chi connectivity index (χ3v) is 4.88. The highest BCUT2D eigenvalue weighted by Gasteiger charge is 2.25. The van der Waals surface area contributed by atoms with Gasteiger partial charge in [-0.2, -0.15) is 0 Å². The molecule has 7 heteroatoms. The zero-order valence-electron chi connectivity index (χ0n) is 16.4. The van der Waals surface area contributed by atoms with Gasteiger partial charge in [0.05, 0.1) is 19.6 Å². The van der Waals surface area contributed by atoms with Gasteiger partial charge in [0.15, 0.2) is 0 Å². The number of amides is 1. The molecule has 150 valence electrons. The van der Waals surface area contributed by atoms with Crippen molar-refractivity contribution in [2.24, 2.45) is 0 Å². The third-order valence-electron chi connectivity index (χ3n) is 4.88. The minimum absolute atomic E-state index is 0.103. The first-order valence-electron chi connectivity index (χ1n) is 9.75. The fourth-order valence-corrected chi connectivity index (χ4v) is 3.26. The molecule has 1 N–H and O–H groups in total. The Hall–Kier alpha value is -3.19. The lowest BCUT2D eigenvalue weighted by Crippen LogP contribution is -2.36. The Labute approximate surface area is 169 Å². The number of carbonyl (C=O) groups excluding carboxylic acids is 1. The van der Waals surface area contributed by atoms with E-state index >= 15 is 0 Å². The van der Waals surface area contributed by atoms with Crippen molar-refractivity contribution in [3.8, 4) is 0 Å². The first kappa shape index (κ1) is 19.1. The molecule has 1 saturated heterocycles. The summed E-state index contributed by atoms with van der Waals surface area (Å²) in [5.74, 6) is 0.267. The van der Waals surface area contributed by atoms with Gasteiger partial charge in [-0.25, -0.2) is 0 Å². The van der Waals surface area contributed by atoms with Crippen molar-refractivity contribution in [1.82, 2.24) is 15.5 Å². The molecular weight excluding hydrogens is 368 g/mol. The van der Waals surface area contributed by atoms with Crippen molar-refractivity contribution in [2.75, 3.05) is 31.2 Å². The van der Waals surface area contributed by atoms with E-state index in [0.29, 0.717) is 38.2 Å². The normalized spacial score (nSPS) is 15.1. The number of carbonyl (C=O) groups is 1. The Balaban J connectivity index is 1.53. The summed E-state index contributed by atoms with van der Waals surface area (Å²) in [6.45, 7) is 4.70. The van der Waals surface area contributed by atoms with Crippen LogP contribution in [0.1, 0.15) is 28.6 Å². The minimum Gasteiger partial charge on any atom is -0.405 e. The molecule has 1 atom stereocenters. The molecule has 0 spiro atoms. The zero-order valence-corrected chi connectivity index (χ0v) is 16.4. The molecule has 1 aliphatic rings. The van der Waals surface area contributed by atoms with E-state index in [1.54, 1.807) is 0 Å². The van der Waals surface area contributed by atoms with Crippen LogP contribution in [-0.2, 0) is 16.0 Å². The van der Waals surface area contributed by atoms with Gasteiger partial charge in [-0.15, -0.1) is 5.10 Å². The van der Waals surface area contributed by atoms with E-state index in [-0.39, 0.29) is 12.3 Å². The van der Waals surface area contributed by atoms with Crippen LogP contribution in [0.15, 0.2) is 59.0 Å². The fraction of sp³-hybridized carbons (Fsp3) is 0.318. The third kappa shape index (κ3) is 4.81. The maximum atomic E-state index is 12.7. The molecule has 0 bridgehead atoms. The molecule has 0 saturated carbocycles. The average Bonchev–Trinajstić information content (AvgIpc) is 3.25. The molecule has 0 radical (unpaired) electrons. The van der Waals surface area contributed by atoms with Crippen LogP contribution < -0.4 is 10.2 Å². The van der Waals surface area contributed by atoms with Gasteiger partial charge < -0.3 is 19.4 Å². The van der Waals surface area contributed by atoms with Crippen LogP contribution in [0.2, 0.25) is 0 Å². The van der Waals surface area contributed by atoms with Crippen LogP contribution in [0.5, 0.6) is 0 Å². The van der Waals surface area contributed by atoms with Crippen molar-refractivity contribution >= 4 is 11.9 Å². The summed E-state index contributed by atoms with van der Waals surface area (Å²) in [5, 5.41) is 11.5. The zero-order chi connectivity index (χ0) is 20.1. The standard InChI is InChI=1S/C22H24N4O3/c1-16-7-9-17(10-8-16)15-19(27)23-20(18-5-3-2-4-6-18)21-24-25-22(29-21)26-11-13-28-14-12-26/h2-10,20H,11-15H2,1H3,(H,23,27). The SMILES string of the molecule is Cc1ccc(CC(=O)NC(c2ccccc2)c2nnc(N3CCOCC3)o2)cc1. The Morgan fingerprint density at radius 2 is 1.79 bits per heavy atom. The van der Waals surface area contributed by atoms with Crippen LogP contribution in [-0.4, -0.2) is 42.4 Å². The van der Waals surface area contributed by atoms with Gasteiger partial charge in [-0.3, -0.25) is 4.79 Å². The number of hydrogen-bond donors (Lipinski definition) is 1. The van der Waals surface area contributed by atoms with Gasteiger partial charge in [0.1, 0.15) is 6.04 Å². The Bertz CT molecular complexity index is 934. The average molecular weight is 392 g/mol. The number of aromatic nitrogens is 2. The van der Waals surface area contributed by atoms with Crippen LogP contribution in [0.3, 0.4) is 0 Å². The smallest absolute Gasteiger partial charge is 0.318 e. The minimum atomic E-state index is -0.503. The molecule has 1 aromatic heterocycles. The molecule has 0 aliphatic carbocycles. The van der Waals surface area contributed by atoms with Crippen molar-refractivity contribution < 1.29 is 13.9 Å². The lowest BCUT2D eigenvalue weighted by Gasteiger charge is -2.24. The summed E-state index contributed by atoms with van der Waals surface area (Å²) >= 11 is 0. The summed E-state index contributed by atoms with van der Waals surface area (Å²) in [5.41, 5.74) is 3.01. The molecule has 7 nitrogen and oxygen atoms in total. The molecule has 1 unspecified atom stereocenters. The predicted octanol–water partition coefficient (Wildman–Crippen LogP) is 2.66. The number of nitrogens with zero attached hydrogens (tertiary/aromatic N) is 3. The van der Waals surface area contributed by atoms with Crippen LogP contribution in [0.4, 0.5) is 6.01 Å². The highest BCUT2D eigenvalue weighted by molar-refractivity contribution is 5.79. The van der Waals surface area contributed by atoms with Crippen molar-refractivity contribution in [2.45, 2.75) is 19.4 Å². The Kier molecular flexibility index (Phi) is 5.86. The van der Waals surface area contributed by atoms with Gasteiger partial charge in [-0.05, 0) is 18.1 Å². The quantitative estimate of drug-likeness (QED) is 0.695. The number of morpholine rings is 1. The van der Waals surface area contributed by atoms with Gasteiger partial charge >= 0.3 is 6.01 Å². The largest absolute Gasteiger partial charge is 0.405 e. The lowest BCUT2D eigenvalue weighted by molar-refractivity contribution is -0.121. The van der Waals surface area contributed by atoms with E-state index in [2.05, 4.69) is 15.5 Å². The van der Waals surface area contributed by atoms with Crippen LogP contribution >= 0.6 is 0 Å². The van der Waals surface area contributed by atoms with E-state index in [1.165, 1.54) is 0 Å². The summed E-state index contributed by atoms with van der Waals surface area (Å²) < 4.78 is 11.3. The lowest BCUT2D eigenvalue weighted by atomic mass is 10.1. The second kappa shape index (κ2) is 8.87. The number of hydrogen-bond acceptors (Lipinski definition) is 6. The molecular formula is C22H24N4O3. The summed E-state index contributed by atoms with van der Waals surface area (Å²) in [6, 6.07) is 17.6. The van der Waals surface area contributed by atoms with Crippen LogP contribution in [0.25, 0.3) is 0 Å². The Morgan fingerprint density at radius 1 is 1.07 bits per heavy atom. The molecule has 1 amide bonds. The van der Waals surface area contributed by atoms with E-state index in [4.69, 9.17) is 9.15 Å². The number of rotatable bonds is 6. The fourth-order valence-electron chi connectivity index (χ4n) is 3.26. The summed E-state index contributed by atoms with van der Waals surface area (Å²) in [4.78, 5) is 14.7. The second-order valence-corrected chi connectivity index (χ2v) is 7.10. The predicted molar refractivity (Wildman–Crippen MR) is 109 cm³/mol. The molecule has 1 fully saturated rings. The number of anilines is 1. The number of benzene rings is 2. The van der Waals surface area contributed by atoms with E-state index in [1.807, 2.05) is 66.4 Å². The van der Waals surface area contributed by atoms with Crippen molar-refractivity contribution in [3.63, 3.8) is 0 Å². The van der Waals surface area contributed by atoms with Gasteiger partial charge in [0.2, 0.25) is 11.8 Å². The molecule has 1 aliphatic heterocycles. The van der Waals surface area contributed by atoms with Crippen LogP contribution in [0, 0.1) is 6.92 Å². The van der Waals surface area contributed by atoms with Crippen molar-refractivity contribution in [1.29, 1.82) is 0 Å². The maximum Gasteiger partial charge on any atom is 0.318 e. The summed E-state index contributed by atoms with van der Waals surface area (Å²) in [7, 11) is 0. The van der Waals surface area contributed by atoms with E-state index in [9.17, 15) is 4.79 Å². The number of nitrogens with one attached hydrogen (secondary N) is 1. The highest BCUT2D eigenvalue weighted by atomic mass is 16.5. The molecule has 2 aromatic carbocycles. The van der Waals surface area contributed by atoms with Crippen molar-refractivity contribution in [3.05, 3.63) is 77.2 Å². The molecule has 4 rings (SSSR count). The van der Waals surface area contributed by atoms with E-state index < -0.39 is 6.04 Å². The topological polar surface area (TPSA) is 80.5 Å². The molecule has 29 heavy (non-hydrogen) atoms. The number of ether oxygens (including phenoxy) is 1. The summed E-state index contributed by atoms with van der Waals surface area (Å²) in [6.07, 6.45) is 0.286. The monoisotopic (exact) mass is 392 g/mol. The second-order valence-electron chi connectivity index (χ2n) is 7.10. The molecule has 2 heterocycles. The first-order valence-corrected chi connectivity index (χ1v) is 9.75.